The minimum absolute atomic E-state index is 0.112. The fourth-order valence-corrected chi connectivity index (χ4v) is 3.69. The molecule has 0 spiro atoms. The van der Waals surface area contributed by atoms with Crippen molar-refractivity contribution in [3.63, 3.8) is 0 Å². The van der Waals surface area contributed by atoms with Gasteiger partial charge < -0.3 is 14.6 Å². The lowest BCUT2D eigenvalue weighted by atomic mass is 9.95. The molecule has 0 bridgehead atoms. The van der Waals surface area contributed by atoms with Crippen LogP contribution >= 0.6 is 0 Å². The molecule has 5 nitrogen and oxygen atoms in total. The molecule has 1 aliphatic heterocycles. The average Bonchev–Trinajstić information content (AvgIpc) is 3.28. The van der Waals surface area contributed by atoms with E-state index in [1.807, 2.05) is 11.6 Å². The number of carboxylic acids is 1. The highest BCUT2D eigenvalue weighted by Gasteiger charge is 2.29. The van der Waals surface area contributed by atoms with Gasteiger partial charge in [-0.1, -0.05) is 0 Å². The number of rotatable bonds is 3. The largest absolute Gasteiger partial charge is 0.477 e. The fourth-order valence-electron chi connectivity index (χ4n) is 3.69. The first-order chi connectivity index (χ1) is 11.5. The molecule has 1 N–H and O–H groups in total. The Kier molecular flexibility index (Phi) is 3.46. The number of carbonyl (C=O) groups is 1. The highest BCUT2D eigenvalue weighted by atomic mass is 19.1. The van der Waals surface area contributed by atoms with Crippen molar-refractivity contribution in [2.24, 2.45) is 0 Å². The third-order valence-corrected chi connectivity index (χ3v) is 5.15. The molecule has 1 atom stereocenters. The van der Waals surface area contributed by atoms with Gasteiger partial charge in [-0.15, -0.1) is 0 Å². The molecule has 2 aromatic rings. The quantitative estimate of drug-likeness (QED) is 0.940. The second-order valence-corrected chi connectivity index (χ2v) is 6.95. The summed E-state index contributed by atoms with van der Waals surface area (Å²) in [6, 6.07) is 3.20. The molecular weight excluding hydrogens is 311 g/mol. The van der Waals surface area contributed by atoms with Crippen molar-refractivity contribution in [1.82, 2.24) is 9.47 Å². The number of likely N-dealkylation sites (N-methyl/N-ethyl adjacent to an activating group) is 1. The van der Waals surface area contributed by atoms with Crippen molar-refractivity contribution >= 4 is 16.9 Å². The van der Waals surface area contributed by atoms with Crippen LogP contribution in [-0.2, 0) is 0 Å². The van der Waals surface area contributed by atoms with E-state index in [0.29, 0.717) is 11.1 Å². The summed E-state index contributed by atoms with van der Waals surface area (Å²) in [6.07, 6.45) is 4.22. The van der Waals surface area contributed by atoms with Crippen molar-refractivity contribution < 1.29 is 14.3 Å². The monoisotopic (exact) mass is 330 g/mol. The Hall–Kier alpha value is -2.21. The van der Waals surface area contributed by atoms with Crippen LogP contribution in [0.5, 0.6) is 0 Å². The summed E-state index contributed by atoms with van der Waals surface area (Å²) in [6.45, 7) is 1.72. The van der Waals surface area contributed by atoms with Gasteiger partial charge in [-0.2, -0.15) is 0 Å². The van der Waals surface area contributed by atoms with E-state index < -0.39 is 17.2 Å². The molecule has 1 aromatic heterocycles. The van der Waals surface area contributed by atoms with E-state index in [2.05, 4.69) is 4.90 Å². The molecule has 2 fully saturated rings. The Morgan fingerprint density at radius 3 is 2.62 bits per heavy atom. The molecule has 6 heteroatoms. The predicted molar refractivity (Wildman–Crippen MR) is 88.3 cm³/mol. The number of fused-ring (bicyclic) bond motifs is 1. The van der Waals surface area contributed by atoms with Crippen LogP contribution in [0.4, 0.5) is 4.39 Å². The number of aromatic carboxylic acids is 1. The number of benzene rings is 1. The summed E-state index contributed by atoms with van der Waals surface area (Å²) in [5.74, 6) is -1.57. The number of hydrogen-bond donors (Lipinski definition) is 1. The number of hydrogen-bond acceptors (Lipinski definition) is 3. The van der Waals surface area contributed by atoms with Crippen LogP contribution < -0.4 is 5.43 Å². The summed E-state index contributed by atoms with van der Waals surface area (Å²) in [5, 5.41) is 9.43. The minimum Gasteiger partial charge on any atom is -0.477 e. The van der Waals surface area contributed by atoms with E-state index in [1.165, 1.54) is 12.3 Å². The summed E-state index contributed by atoms with van der Waals surface area (Å²) in [5.41, 5.74) is 0.382. The first-order valence-corrected chi connectivity index (χ1v) is 8.26. The van der Waals surface area contributed by atoms with Crippen LogP contribution in [0.3, 0.4) is 0 Å². The van der Waals surface area contributed by atoms with Crippen molar-refractivity contribution in [1.29, 1.82) is 0 Å². The Labute approximate surface area is 138 Å². The SMILES string of the molecule is CN1CCC(c2cc3c(cc2F)c(=O)c(C(=O)O)cn3C2CC2)C1. The first kappa shape index (κ1) is 15.3. The molecule has 1 aromatic carbocycles. The van der Waals surface area contributed by atoms with Crippen molar-refractivity contribution in [3.05, 3.63) is 45.5 Å². The number of pyridine rings is 1. The Bertz CT molecular complexity index is 901. The van der Waals surface area contributed by atoms with Crippen LogP contribution in [0.2, 0.25) is 0 Å². The van der Waals surface area contributed by atoms with Gasteiger partial charge in [-0.3, -0.25) is 4.79 Å². The van der Waals surface area contributed by atoms with Gasteiger partial charge in [0, 0.05) is 30.1 Å². The van der Waals surface area contributed by atoms with Gasteiger partial charge >= 0.3 is 5.97 Å². The van der Waals surface area contributed by atoms with Crippen LogP contribution in [0.1, 0.15) is 47.1 Å². The number of halogens is 1. The molecule has 0 amide bonds. The maximum atomic E-state index is 14.6. The first-order valence-electron chi connectivity index (χ1n) is 8.26. The van der Waals surface area contributed by atoms with E-state index in [1.54, 1.807) is 6.07 Å². The van der Waals surface area contributed by atoms with Crippen molar-refractivity contribution in [3.8, 4) is 0 Å². The zero-order valence-electron chi connectivity index (χ0n) is 13.5. The highest BCUT2D eigenvalue weighted by molar-refractivity contribution is 5.92. The third-order valence-electron chi connectivity index (χ3n) is 5.15. The normalized spacial score (nSPS) is 21.5. The van der Waals surface area contributed by atoms with Crippen LogP contribution in [0.25, 0.3) is 10.9 Å². The average molecular weight is 330 g/mol. The molecule has 1 unspecified atom stereocenters. The van der Waals surface area contributed by atoms with E-state index >= 15 is 0 Å². The second-order valence-electron chi connectivity index (χ2n) is 6.95. The van der Waals surface area contributed by atoms with Gasteiger partial charge in [-0.25, -0.2) is 9.18 Å². The lowest BCUT2D eigenvalue weighted by molar-refractivity contribution is 0.0695. The van der Waals surface area contributed by atoms with Gasteiger partial charge in [0.25, 0.3) is 0 Å². The lowest BCUT2D eigenvalue weighted by Crippen LogP contribution is -2.19. The molecular formula is C18H19FN2O3. The molecule has 4 rings (SSSR count). The van der Waals surface area contributed by atoms with Crippen molar-refractivity contribution in [2.75, 3.05) is 20.1 Å². The second kappa shape index (κ2) is 5.41. The third kappa shape index (κ3) is 2.41. The topological polar surface area (TPSA) is 62.5 Å². The number of aromatic nitrogens is 1. The van der Waals surface area contributed by atoms with E-state index in [9.17, 15) is 19.1 Å². The van der Waals surface area contributed by atoms with Gasteiger partial charge in [-0.05, 0) is 50.6 Å². The molecule has 24 heavy (non-hydrogen) atoms. The van der Waals surface area contributed by atoms with Gasteiger partial charge in [0.1, 0.15) is 11.4 Å². The summed E-state index contributed by atoms with van der Waals surface area (Å²) in [7, 11) is 2.01. The Morgan fingerprint density at radius 2 is 2.04 bits per heavy atom. The molecule has 1 saturated heterocycles. The maximum Gasteiger partial charge on any atom is 0.341 e. The maximum absolute atomic E-state index is 14.6. The van der Waals surface area contributed by atoms with Gasteiger partial charge in [0.2, 0.25) is 5.43 Å². The summed E-state index contributed by atoms with van der Waals surface area (Å²) in [4.78, 5) is 25.9. The standard InChI is InChI=1S/C18H19FN2O3/c1-20-5-4-10(8-20)12-7-16-13(6-15(12)19)17(22)14(18(23)24)9-21(16)11-2-3-11/h6-7,9-11H,2-5,8H2,1H3,(H,23,24). The van der Waals surface area contributed by atoms with Crippen LogP contribution in [0.15, 0.2) is 23.1 Å². The Balaban J connectivity index is 1.95. The minimum atomic E-state index is -1.27. The number of nitrogens with zero attached hydrogens (tertiary/aromatic N) is 2. The van der Waals surface area contributed by atoms with E-state index in [4.69, 9.17) is 0 Å². The molecule has 2 aliphatic rings. The van der Waals surface area contributed by atoms with E-state index in [-0.39, 0.29) is 22.9 Å². The smallest absolute Gasteiger partial charge is 0.341 e. The fraction of sp³-hybridized carbons (Fsp3) is 0.444. The highest BCUT2D eigenvalue weighted by Crippen LogP contribution is 2.38. The molecule has 126 valence electrons. The molecule has 2 heterocycles. The molecule has 1 aliphatic carbocycles. The molecule has 1 saturated carbocycles. The zero-order chi connectivity index (χ0) is 17.0. The lowest BCUT2D eigenvalue weighted by Gasteiger charge is -2.16. The van der Waals surface area contributed by atoms with Gasteiger partial charge in [0.15, 0.2) is 0 Å². The number of likely N-dealkylation sites (tertiary alicyclic amines) is 1. The van der Waals surface area contributed by atoms with Crippen LogP contribution in [-0.4, -0.2) is 40.7 Å². The van der Waals surface area contributed by atoms with Gasteiger partial charge in [0.05, 0.1) is 5.52 Å². The van der Waals surface area contributed by atoms with E-state index in [0.717, 1.165) is 32.4 Å². The Morgan fingerprint density at radius 1 is 1.29 bits per heavy atom. The number of carboxylic acid groups (broad SMARTS) is 1. The predicted octanol–water partition coefficient (Wildman–Crippen LogP) is 2.59. The zero-order valence-corrected chi connectivity index (χ0v) is 13.5. The van der Waals surface area contributed by atoms with Crippen LogP contribution in [0, 0.1) is 5.82 Å². The summed E-state index contributed by atoms with van der Waals surface area (Å²) >= 11 is 0. The molecule has 0 radical (unpaired) electrons. The summed E-state index contributed by atoms with van der Waals surface area (Å²) < 4.78 is 16.5. The van der Waals surface area contributed by atoms with Crippen molar-refractivity contribution in [2.45, 2.75) is 31.2 Å².